The average molecular weight is 298 g/mol. The fourth-order valence-electron chi connectivity index (χ4n) is 1.87. The first-order valence-corrected chi connectivity index (χ1v) is 7.73. The molecule has 2 aromatic rings. The maximum absolute atomic E-state index is 12.2. The number of aromatic nitrogens is 2. The molecule has 20 heavy (non-hydrogen) atoms. The Kier molecular flexibility index (Phi) is 4.58. The lowest BCUT2D eigenvalue weighted by atomic mass is 10.3. The second-order valence-electron chi connectivity index (χ2n) is 4.39. The quantitative estimate of drug-likeness (QED) is 0.693. The maximum atomic E-state index is 12.2. The minimum absolute atomic E-state index is 0.0452. The normalized spacial score (nSPS) is 11.9. The van der Waals surface area contributed by atoms with E-state index in [4.69, 9.17) is 4.42 Å². The van der Waals surface area contributed by atoms with Gasteiger partial charge in [-0.2, -0.15) is 5.10 Å². The highest BCUT2D eigenvalue weighted by Gasteiger charge is 2.22. The van der Waals surface area contributed by atoms with Crippen molar-refractivity contribution in [1.82, 2.24) is 20.2 Å². The summed E-state index contributed by atoms with van der Waals surface area (Å²) in [5.74, 6) is 0.737. The number of nitrogens with zero attached hydrogens (tertiary/aromatic N) is 1. The summed E-state index contributed by atoms with van der Waals surface area (Å²) >= 11 is 0. The summed E-state index contributed by atoms with van der Waals surface area (Å²) in [5, 5.41) is 9.57. The molecule has 0 saturated heterocycles. The van der Waals surface area contributed by atoms with Crippen molar-refractivity contribution in [1.29, 1.82) is 0 Å². The van der Waals surface area contributed by atoms with Crippen molar-refractivity contribution in [2.24, 2.45) is 0 Å². The molecule has 0 bridgehead atoms. The summed E-state index contributed by atoms with van der Waals surface area (Å²) in [5.41, 5.74) is 1.39. The molecule has 110 valence electrons. The van der Waals surface area contributed by atoms with Crippen LogP contribution in [0.2, 0.25) is 0 Å². The van der Waals surface area contributed by atoms with E-state index in [-0.39, 0.29) is 11.6 Å². The summed E-state index contributed by atoms with van der Waals surface area (Å²) in [6.45, 7) is 2.50. The predicted molar refractivity (Wildman–Crippen MR) is 73.7 cm³/mol. The van der Waals surface area contributed by atoms with Gasteiger partial charge in [0.2, 0.25) is 0 Å². The van der Waals surface area contributed by atoms with E-state index in [0.29, 0.717) is 18.5 Å². The summed E-state index contributed by atoms with van der Waals surface area (Å²) < 4.78 is 32.1. The third-order valence-corrected chi connectivity index (χ3v) is 4.32. The minimum atomic E-state index is -3.62. The first-order chi connectivity index (χ1) is 9.54. The van der Waals surface area contributed by atoms with E-state index in [1.807, 2.05) is 0 Å². The molecule has 0 atom stereocenters. The van der Waals surface area contributed by atoms with Crippen LogP contribution >= 0.6 is 0 Å². The number of nitrogens with one attached hydrogen (secondary N) is 3. The summed E-state index contributed by atoms with van der Waals surface area (Å²) in [7, 11) is -1.86. The lowest BCUT2D eigenvalue weighted by Gasteiger charge is -2.06. The van der Waals surface area contributed by atoms with Gasteiger partial charge in [0, 0.05) is 30.8 Å². The Hall–Kier alpha value is -1.64. The highest BCUT2D eigenvalue weighted by molar-refractivity contribution is 7.89. The SMILES string of the molecule is CNCc1c(S(=O)(=O)NCCc2ccco2)n[nH]c1C. The molecule has 0 spiro atoms. The molecule has 0 aliphatic heterocycles. The molecule has 0 radical (unpaired) electrons. The fourth-order valence-corrected chi connectivity index (χ4v) is 3.09. The summed E-state index contributed by atoms with van der Waals surface area (Å²) in [4.78, 5) is 0. The van der Waals surface area contributed by atoms with Gasteiger partial charge in [-0.15, -0.1) is 0 Å². The molecule has 2 aromatic heterocycles. The monoisotopic (exact) mass is 298 g/mol. The van der Waals surface area contributed by atoms with Crippen LogP contribution in [0.15, 0.2) is 27.8 Å². The lowest BCUT2D eigenvalue weighted by Crippen LogP contribution is -2.27. The van der Waals surface area contributed by atoms with Gasteiger partial charge < -0.3 is 9.73 Å². The van der Waals surface area contributed by atoms with Crippen LogP contribution in [-0.2, 0) is 23.0 Å². The minimum Gasteiger partial charge on any atom is -0.469 e. The molecule has 0 fully saturated rings. The lowest BCUT2D eigenvalue weighted by molar-refractivity contribution is 0.505. The van der Waals surface area contributed by atoms with E-state index in [9.17, 15) is 8.42 Å². The van der Waals surface area contributed by atoms with Crippen LogP contribution < -0.4 is 10.0 Å². The number of rotatable bonds is 7. The fraction of sp³-hybridized carbons (Fsp3) is 0.417. The number of hydrogen-bond donors (Lipinski definition) is 3. The van der Waals surface area contributed by atoms with E-state index in [1.54, 1.807) is 32.4 Å². The Bertz CT molecular complexity index is 646. The van der Waals surface area contributed by atoms with Gasteiger partial charge in [0.15, 0.2) is 5.03 Å². The van der Waals surface area contributed by atoms with Gasteiger partial charge in [-0.1, -0.05) is 0 Å². The van der Waals surface area contributed by atoms with Gasteiger partial charge in [0.25, 0.3) is 10.0 Å². The zero-order valence-electron chi connectivity index (χ0n) is 11.4. The predicted octanol–water partition coefficient (Wildman–Crippen LogP) is 0.552. The molecule has 0 aromatic carbocycles. The molecule has 2 heterocycles. The second-order valence-corrected chi connectivity index (χ2v) is 6.07. The first kappa shape index (κ1) is 14.8. The van der Waals surface area contributed by atoms with Crippen molar-refractivity contribution in [3.63, 3.8) is 0 Å². The van der Waals surface area contributed by atoms with Gasteiger partial charge in [0.1, 0.15) is 5.76 Å². The molecular weight excluding hydrogens is 280 g/mol. The van der Waals surface area contributed by atoms with Crippen LogP contribution in [0.5, 0.6) is 0 Å². The van der Waals surface area contributed by atoms with Gasteiger partial charge in [-0.25, -0.2) is 13.1 Å². The Labute approximate surface area is 117 Å². The standard InChI is InChI=1S/C12H18N4O3S/c1-9-11(8-13-2)12(16-15-9)20(17,18)14-6-5-10-4-3-7-19-10/h3-4,7,13-14H,5-6,8H2,1-2H3,(H,15,16). The smallest absolute Gasteiger partial charge is 0.260 e. The molecule has 0 aliphatic carbocycles. The molecule has 0 saturated carbocycles. The number of aromatic amines is 1. The highest BCUT2D eigenvalue weighted by Crippen LogP contribution is 2.15. The average Bonchev–Trinajstić information content (AvgIpc) is 3.01. The zero-order chi connectivity index (χ0) is 14.6. The van der Waals surface area contributed by atoms with Crippen molar-refractivity contribution in [2.75, 3.05) is 13.6 Å². The number of aryl methyl sites for hydroxylation is 1. The third kappa shape index (κ3) is 3.27. The van der Waals surface area contributed by atoms with Gasteiger partial charge in [-0.05, 0) is 26.1 Å². The van der Waals surface area contributed by atoms with Crippen LogP contribution in [0.25, 0.3) is 0 Å². The van der Waals surface area contributed by atoms with E-state index in [0.717, 1.165) is 11.5 Å². The summed E-state index contributed by atoms with van der Waals surface area (Å²) in [6.07, 6.45) is 2.06. The van der Waals surface area contributed by atoms with Gasteiger partial charge >= 0.3 is 0 Å². The van der Waals surface area contributed by atoms with Gasteiger partial charge in [-0.3, -0.25) is 5.10 Å². The first-order valence-electron chi connectivity index (χ1n) is 6.25. The largest absolute Gasteiger partial charge is 0.469 e. The zero-order valence-corrected chi connectivity index (χ0v) is 12.3. The Balaban J connectivity index is 2.06. The molecular formula is C12H18N4O3S. The van der Waals surface area contributed by atoms with E-state index in [2.05, 4.69) is 20.2 Å². The molecule has 8 heteroatoms. The number of H-pyrrole nitrogens is 1. The molecule has 7 nitrogen and oxygen atoms in total. The van der Waals surface area contributed by atoms with Crippen molar-refractivity contribution >= 4 is 10.0 Å². The van der Waals surface area contributed by atoms with E-state index < -0.39 is 10.0 Å². The molecule has 0 unspecified atom stereocenters. The van der Waals surface area contributed by atoms with Crippen LogP contribution in [0.3, 0.4) is 0 Å². The van der Waals surface area contributed by atoms with Crippen molar-refractivity contribution in [3.05, 3.63) is 35.4 Å². The van der Waals surface area contributed by atoms with Crippen molar-refractivity contribution < 1.29 is 12.8 Å². The number of furan rings is 1. The topological polar surface area (TPSA) is 100 Å². The van der Waals surface area contributed by atoms with Crippen LogP contribution in [0, 0.1) is 6.92 Å². The number of sulfonamides is 1. The second kappa shape index (κ2) is 6.21. The van der Waals surface area contributed by atoms with Crippen molar-refractivity contribution in [3.8, 4) is 0 Å². The molecule has 0 aliphatic rings. The third-order valence-electron chi connectivity index (χ3n) is 2.89. The molecule has 3 N–H and O–H groups in total. The van der Waals surface area contributed by atoms with Gasteiger partial charge in [0.05, 0.1) is 6.26 Å². The van der Waals surface area contributed by atoms with E-state index >= 15 is 0 Å². The molecule has 2 rings (SSSR count). The van der Waals surface area contributed by atoms with Crippen LogP contribution in [0.4, 0.5) is 0 Å². The maximum Gasteiger partial charge on any atom is 0.260 e. The highest BCUT2D eigenvalue weighted by atomic mass is 32.2. The Morgan fingerprint density at radius 1 is 1.45 bits per heavy atom. The number of hydrogen-bond acceptors (Lipinski definition) is 5. The molecule has 0 amide bonds. The Morgan fingerprint density at radius 2 is 2.25 bits per heavy atom. The summed E-state index contributed by atoms with van der Waals surface area (Å²) in [6, 6.07) is 3.57. The Morgan fingerprint density at radius 3 is 2.90 bits per heavy atom. The van der Waals surface area contributed by atoms with Crippen LogP contribution in [0.1, 0.15) is 17.0 Å². The van der Waals surface area contributed by atoms with Crippen LogP contribution in [-0.4, -0.2) is 32.2 Å². The van der Waals surface area contributed by atoms with E-state index in [1.165, 1.54) is 0 Å². The van der Waals surface area contributed by atoms with Crippen molar-refractivity contribution in [2.45, 2.75) is 24.9 Å².